The fourth-order valence-electron chi connectivity index (χ4n) is 3.43. The quantitative estimate of drug-likeness (QED) is 0.638. The van der Waals surface area contributed by atoms with E-state index >= 15 is 0 Å². The molecule has 0 bridgehead atoms. The second-order valence-corrected chi connectivity index (χ2v) is 7.10. The monoisotopic (exact) mass is 294 g/mol. The molecule has 2 fully saturated rings. The highest BCUT2D eigenvalue weighted by Gasteiger charge is 2.41. The van der Waals surface area contributed by atoms with E-state index in [-0.39, 0.29) is 17.5 Å². The number of hydrogen-bond donors (Lipinski definition) is 1. The molecule has 21 heavy (non-hydrogen) atoms. The lowest BCUT2D eigenvalue weighted by molar-refractivity contribution is -0.145. The Labute approximate surface area is 128 Å². The van der Waals surface area contributed by atoms with Crippen molar-refractivity contribution in [3.8, 4) is 0 Å². The molecule has 0 aromatic rings. The summed E-state index contributed by atoms with van der Waals surface area (Å²) in [4.78, 5) is 21.3. The van der Waals surface area contributed by atoms with Gasteiger partial charge in [0.15, 0.2) is 5.96 Å². The van der Waals surface area contributed by atoms with Crippen molar-refractivity contribution in [2.24, 2.45) is 4.99 Å². The van der Waals surface area contributed by atoms with E-state index in [1.807, 2.05) is 11.8 Å². The van der Waals surface area contributed by atoms with Gasteiger partial charge in [-0.1, -0.05) is 0 Å². The maximum atomic E-state index is 12.5. The Morgan fingerprint density at radius 1 is 1.43 bits per heavy atom. The zero-order valence-electron chi connectivity index (χ0n) is 14.1. The van der Waals surface area contributed by atoms with E-state index in [1.165, 1.54) is 19.3 Å². The molecule has 1 amide bonds. The summed E-state index contributed by atoms with van der Waals surface area (Å²) in [5, 5.41) is 3.53. The smallest absolute Gasteiger partial charge is 0.242 e. The van der Waals surface area contributed by atoms with Crippen molar-refractivity contribution >= 4 is 11.9 Å². The van der Waals surface area contributed by atoms with Crippen LogP contribution in [0.3, 0.4) is 0 Å². The van der Waals surface area contributed by atoms with Crippen LogP contribution >= 0.6 is 0 Å². The average molecular weight is 294 g/mol. The first-order chi connectivity index (χ1) is 9.85. The number of aliphatic imine (C=N–C) groups is 1. The van der Waals surface area contributed by atoms with Gasteiger partial charge in [0, 0.05) is 25.2 Å². The van der Waals surface area contributed by atoms with Crippen molar-refractivity contribution in [1.82, 2.24) is 15.1 Å². The summed E-state index contributed by atoms with van der Waals surface area (Å²) in [6.45, 7) is 12.5. The molecule has 1 saturated heterocycles. The van der Waals surface area contributed by atoms with Crippen molar-refractivity contribution in [2.45, 2.75) is 71.5 Å². The third-order valence-electron chi connectivity index (χ3n) is 4.39. The highest BCUT2D eigenvalue weighted by molar-refractivity contribution is 5.88. The van der Waals surface area contributed by atoms with Gasteiger partial charge in [-0.05, 0) is 53.9 Å². The number of nitrogens with one attached hydrogen (secondary N) is 1. The van der Waals surface area contributed by atoms with Crippen LogP contribution in [0.1, 0.15) is 53.9 Å². The minimum absolute atomic E-state index is 0.167. The predicted molar refractivity (Wildman–Crippen MR) is 86.4 cm³/mol. The van der Waals surface area contributed by atoms with E-state index in [0.717, 1.165) is 19.0 Å². The first kappa shape index (κ1) is 16.1. The SMILES string of the molecule is CCN=C(NC1CCC1)N1CC(=O)N(C(C)C)C(C)(C)C1. The fraction of sp³-hybridized carbons (Fsp3) is 0.875. The second-order valence-electron chi connectivity index (χ2n) is 7.10. The third kappa shape index (κ3) is 3.50. The van der Waals surface area contributed by atoms with Crippen molar-refractivity contribution in [3.63, 3.8) is 0 Å². The number of carbonyl (C=O) groups is 1. The number of piperazine rings is 1. The Bertz CT molecular complexity index is 413. The fourth-order valence-corrected chi connectivity index (χ4v) is 3.43. The van der Waals surface area contributed by atoms with Crippen LogP contribution in [-0.2, 0) is 4.79 Å². The molecule has 2 aliphatic rings. The maximum Gasteiger partial charge on any atom is 0.242 e. The van der Waals surface area contributed by atoms with E-state index in [1.54, 1.807) is 0 Å². The Morgan fingerprint density at radius 3 is 2.52 bits per heavy atom. The second kappa shape index (κ2) is 6.24. The molecule has 1 aliphatic carbocycles. The average Bonchev–Trinajstić information content (AvgIpc) is 2.29. The van der Waals surface area contributed by atoms with Gasteiger partial charge in [-0.25, -0.2) is 0 Å². The number of carbonyl (C=O) groups excluding carboxylic acids is 1. The summed E-state index contributed by atoms with van der Waals surface area (Å²) in [6.07, 6.45) is 3.72. The number of guanidine groups is 1. The van der Waals surface area contributed by atoms with Crippen LogP contribution in [0.5, 0.6) is 0 Å². The maximum absolute atomic E-state index is 12.5. The van der Waals surface area contributed by atoms with Crippen LogP contribution in [0.25, 0.3) is 0 Å². The molecule has 120 valence electrons. The van der Waals surface area contributed by atoms with Crippen LogP contribution in [0.4, 0.5) is 0 Å². The molecule has 0 aromatic heterocycles. The Balaban J connectivity index is 2.12. The van der Waals surface area contributed by atoms with Gasteiger partial charge in [0.05, 0.1) is 12.1 Å². The van der Waals surface area contributed by atoms with Gasteiger partial charge < -0.3 is 15.1 Å². The van der Waals surface area contributed by atoms with E-state index in [0.29, 0.717) is 12.6 Å². The van der Waals surface area contributed by atoms with Crippen LogP contribution in [-0.4, -0.2) is 58.9 Å². The lowest BCUT2D eigenvalue weighted by Gasteiger charge is -2.50. The lowest BCUT2D eigenvalue weighted by Crippen LogP contribution is -2.66. The van der Waals surface area contributed by atoms with Crippen LogP contribution < -0.4 is 5.32 Å². The summed E-state index contributed by atoms with van der Waals surface area (Å²) in [6, 6.07) is 0.775. The first-order valence-corrected chi connectivity index (χ1v) is 8.23. The van der Waals surface area contributed by atoms with E-state index in [4.69, 9.17) is 0 Å². The Kier molecular flexibility index (Phi) is 4.79. The van der Waals surface area contributed by atoms with E-state index < -0.39 is 0 Å². The molecule has 1 saturated carbocycles. The molecule has 5 heteroatoms. The summed E-state index contributed by atoms with van der Waals surface area (Å²) in [5.41, 5.74) is -0.167. The van der Waals surface area contributed by atoms with Crippen molar-refractivity contribution in [2.75, 3.05) is 19.6 Å². The predicted octanol–water partition coefficient (Wildman–Crippen LogP) is 1.84. The summed E-state index contributed by atoms with van der Waals surface area (Å²) >= 11 is 0. The van der Waals surface area contributed by atoms with Gasteiger partial charge in [0.1, 0.15) is 0 Å². The van der Waals surface area contributed by atoms with Crippen LogP contribution in [0.2, 0.25) is 0 Å². The number of rotatable bonds is 3. The lowest BCUT2D eigenvalue weighted by atomic mass is 9.93. The van der Waals surface area contributed by atoms with Crippen molar-refractivity contribution < 1.29 is 4.79 Å². The minimum atomic E-state index is -0.167. The molecule has 0 spiro atoms. The van der Waals surface area contributed by atoms with Crippen LogP contribution in [0, 0.1) is 0 Å². The normalized spacial score (nSPS) is 23.5. The van der Waals surface area contributed by atoms with Gasteiger partial charge in [-0.3, -0.25) is 9.79 Å². The molecule has 1 N–H and O–H groups in total. The molecule has 0 atom stereocenters. The zero-order valence-corrected chi connectivity index (χ0v) is 14.1. The topological polar surface area (TPSA) is 47.9 Å². The Morgan fingerprint density at radius 2 is 2.10 bits per heavy atom. The molecular formula is C16H30N4O. The van der Waals surface area contributed by atoms with Gasteiger partial charge in [-0.2, -0.15) is 0 Å². The number of amides is 1. The van der Waals surface area contributed by atoms with Crippen molar-refractivity contribution in [1.29, 1.82) is 0 Å². The molecule has 0 unspecified atom stereocenters. The highest BCUT2D eigenvalue weighted by atomic mass is 16.2. The number of hydrogen-bond acceptors (Lipinski definition) is 2. The molecule has 0 radical (unpaired) electrons. The van der Waals surface area contributed by atoms with E-state index in [2.05, 4.69) is 42.9 Å². The van der Waals surface area contributed by atoms with Gasteiger partial charge in [0.25, 0.3) is 0 Å². The van der Waals surface area contributed by atoms with Crippen LogP contribution in [0.15, 0.2) is 4.99 Å². The summed E-state index contributed by atoms with van der Waals surface area (Å²) in [5.74, 6) is 1.10. The van der Waals surface area contributed by atoms with Gasteiger partial charge in [-0.15, -0.1) is 0 Å². The molecule has 0 aromatic carbocycles. The minimum Gasteiger partial charge on any atom is -0.353 e. The van der Waals surface area contributed by atoms with E-state index in [9.17, 15) is 4.79 Å². The van der Waals surface area contributed by atoms with Gasteiger partial charge >= 0.3 is 0 Å². The molecular weight excluding hydrogens is 264 g/mol. The first-order valence-electron chi connectivity index (χ1n) is 8.23. The molecule has 2 rings (SSSR count). The summed E-state index contributed by atoms with van der Waals surface area (Å²) in [7, 11) is 0. The summed E-state index contributed by atoms with van der Waals surface area (Å²) < 4.78 is 0. The molecule has 5 nitrogen and oxygen atoms in total. The highest BCUT2D eigenvalue weighted by Crippen LogP contribution is 2.25. The van der Waals surface area contributed by atoms with Crippen molar-refractivity contribution in [3.05, 3.63) is 0 Å². The number of nitrogens with zero attached hydrogens (tertiary/aromatic N) is 3. The Hall–Kier alpha value is -1.26. The zero-order chi connectivity index (χ0) is 15.6. The standard InChI is InChI=1S/C16H30N4O/c1-6-17-15(18-13-8-7-9-13)19-10-14(21)20(12(2)3)16(4,5)11-19/h12-13H,6-11H2,1-5H3,(H,17,18). The third-order valence-corrected chi connectivity index (χ3v) is 4.39. The molecule has 1 aliphatic heterocycles. The molecule has 1 heterocycles. The van der Waals surface area contributed by atoms with Gasteiger partial charge in [0.2, 0.25) is 5.91 Å². The largest absolute Gasteiger partial charge is 0.353 e.